The number of hydrogen-bond donors (Lipinski definition) is 4. The number of nitro benzene ring substituents is 1. The number of aliphatic hydroxyl groups is 1. The summed E-state index contributed by atoms with van der Waals surface area (Å²) in [6, 6.07) is 6.17. The van der Waals surface area contributed by atoms with Crippen LogP contribution in [0.1, 0.15) is 37.9 Å². The van der Waals surface area contributed by atoms with E-state index in [-0.39, 0.29) is 46.9 Å². The molecule has 45 heavy (non-hydrogen) atoms. The second-order valence-corrected chi connectivity index (χ2v) is 9.97. The van der Waals surface area contributed by atoms with Crippen molar-refractivity contribution >= 4 is 45.8 Å². The molecule has 2 aromatic rings. The van der Waals surface area contributed by atoms with Gasteiger partial charge in [0.1, 0.15) is 6.61 Å². The first-order valence-electron chi connectivity index (χ1n) is 13.5. The molecule has 1 aliphatic heterocycles. The second-order valence-electron chi connectivity index (χ2n) is 9.12. The van der Waals surface area contributed by atoms with Crippen LogP contribution in [-0.2, 0) is 19.1 Å². The highest BCUT2D eigenvalue weighted by atomic mass is 79.9. The lowest BCUT2D eigenvalue weighted by Crippen LogP contribution is -2.45. The summed E-state index contributed by atoms with van der Waals surface area (Å²) in [6.45, 7) is 4.60. The second kappa shape index (κ2) is 16.2. The minimum atomic E-state index is -1.30. The normalized spacial score (nSPS) is 15.1. The average Bonchev–Trinajstić information content (AvgIpc) is 2.99. The van der Waals surface area contributed by atoms with Crippen molar-refractivity contribution in [3.05, 3.63) is 67.3 Å². The van der Waals surface area contributed by atoms with Crippen LogP contribution in [0.25, 0.3) is 0 Å². The van der Waals surface area contributed by atoms with E-state index in [2.05, 4.69) is 37.1 Å². The molecular weight excluding hydrogens is 662 g/mol. The van der Waals surface area contributed by atoms with Gasteiger partial charge in [0.15, 0.2) is 24.3 Å². The molecule has 0 saturated carbocycles. The van der Waals surface area contributed by atoms with Crippen LogP contribution in [0.3, 0.4) is 0 Å². The molecule has 4 N–H and O–H groups in total. The third kappa shape index (κ3) is 9.29. The summed E-state index contributed by atoms with van der Waals surface area (Å²) in [6.07, 6.45) is -0.0700. The maximum atomic E-state index is 12.4. The molecule has 0 spiro atoms. The molecule has 0 radical (unpaired) electrons. The number of hydrogen-bond acceptors (Lipinski definition) is 13. The molecule has 0 aromatic heterocycles. The van der Waals surface area contributed by atoms with Gasteiger partial charge in [-0.1, -0.05) is 6.07 Å². The van der Waals surface area contributed by atoms with Crippen LogP contribution in [0.15, 0.2) is 51.2 Å². The molecule has 0 saturated heterocycles. The zero-order chi connectivity index (χ0) is 33.1. The average molecular weight is 694 g/mol. The lowest BCUT2D eigenvalue weighted by Gasteiger charge is -2.28. The molecule has 1 heterocycles. The molecule has 16 nitrogen and oxygen atoms in total. The summed E-state index contributed by atoms with van der Waals surface area (Å²) in [5.74, 6) is -0.882. The largest absolute Gasteiger partial charge is 0.490 e. The van der Waals surface area contributed by atoms with Crippen LogP contribution in [0.4, 0.5) is 10.5 Å². The van der Waals surface area contributed by atoms with E-state index < -0.39 is 47.5 Å². The zero-order valence-corrected chi connectivity index (χ0v) is 26.3. The number of amides is 2. The van der Waals surface area contributed by atoms with Crippen molar-refractivity contribution in [2.45, 2.75) is 33.0 Å². The number of carbonyl (C=O) groups is 3. The standard InChI is InChI=1S/C28H32BrN5O11/c1-5-42-21-11-17(25-24(27(37)41-4)15(3)31-28(38)32-25)7-8-20(21)44-13-22(35)33-30-12-16-9-18(29)26(19(10-16)34(39)40)45-14-23(36)43-6-2/h7-12,22,25,33,35H,5-6,13-14H2,1-4H3,(H2,31,32,38)/b30-12+/t22-,25-/m0/s1. The monoisotopic (exact) mass is 693 g/mol. The molecule has 2 amide bonds. The molecule has 0 bridgehead atoms. The minimum absolute atomic E-state index is 0.140. The van der Waals surface area contributed by atoms with Crippen LogP contribution in [0, 0.1) is 10.1 Å². The number of carbonyl (C=O) groups excluding carboxylic acids is 3. The molecule has 2 atom stereocenters. The predicted octanol–water partition coefficient (Wildman–Crippen LogP) is 2.82. The van der Waals surface area contributed by atoms with Gasteiger partial charge in [-0.25, -0.2) is 14.4 Å². The van der Waals surface area contributed by atoms with E-state index in [0.717, 1.165) is 0 Å². The highest BCUT2D eigenvalue weighted by molar-refractivity contribution is 9.10. The van der Waals surface area contributed by atoms with Gasteiger partial charge in [-0.3, -0.25) is 15.5 Å². The molecular formula is C28H32BrN5O11. The number of nitrogens with one attached hydrogen (secondary N) is 3. The Morgan fingerprint density at radius 3 is 2.60 bits per heavy atom. The summed E-state index contributed by atoms with van der Waals surface area (Å²) in [7, 11) is 1.24. The van der Waals surface area contributed by atoms with Gasteiger partial charge in [0.2, 0.25) is 5.75 Å². The van der Waals surface area contributed by atoms with E-state index in [0.29, 0.717) is 17.0 Å². The van der Waals surface area contributed by atoms with E-state index in [1.54, 1.807) is 39.0 Å². The summed E-state index contributed by atoms with van der Waals surface area (Å²) < 4.78 is 26.5. The van der Waals surface area contributed by atoms with Crippen LogP contribution >= 0.6 is 15.9 Å². The number of methoxy groups -OCH3 is 1. The van der Waals surface area contributed by atoms with Crippen LogP contribution < -0.4 is 30.3 Å². The number of nitro groups is 1. The molecule has 3 rings (SSSR count). The fourth-order valence-electron chi connectivity index (χ4n) is 4.11. The van der Waals surface area contributed by atoms with Gasteiger partial charge in [-0.2, -0.15) is 5.10 Å². The van der Waals surface area contributed by atoms with E-state index in [9.17, 15) is 29.6 Å². The van der Waals surface area contributed by atoms with Gasteiger partial charge in [0.25, 0.3) is 0 Å². The van der Waals surface area contributed by atoms with Gasteiger partial charge in [0.05, 0.1) is 47.5 Å². The van der Waals surface area contributed by atoms with Crippen LogP contribution in [0.5, 0.6) is 17.2 Å². The van der Waals surface area contributed by atoms with Crippen molar-refractivity contribution in [2.24, 2.45) is 5.10 Å². The Morgan fingerprint density at radius 1 is 1.18 bits per heavy atom. The predicted molar refractivity (Wildman–Crippen MR) is 162 cm³/mol. The Kier molecular flexibility index (Phi) is 12.5. The van der Waals surface area contributed by atoms with E-state index in [1.807, 2.05) is 0 Å². The number of nitrogens with zero attached hydrogens (tertiary/aromatic N) is 2. The first-order valence-corrected chi connectivity index (χ1v) is 14.3. The minimum Gasteiger partial charge on any atom is -0.490 e. The van der Waals surface area contributed by atoms with Gasteiger partial charge >= 0.3 is 23.7 Å². The van der Waals surface area contributed by atoms with Crippen molar-refractivity contribution in [2.75, 3.05) is 33.5 Å². The number of urea groups is 1. The van der Waals surface area contributed by atoms with Crippen molar-refractivity contribution in [3.63, 3.8) is 0 Å². The number of ether oxygens (including phenoxy) is 5. The smallest absolute Gasteiger partial charge is 0.344 e. The Hall–Kier alpha value is -4.90. The number of allylic oxidation sites excluding steroid dienone is 1. The fourth-order valence-corrected chi connectivity index (χ4v) is 4.69. The lowest BCUT2D eigenvalue weighted by atomic mass is 9.95. The third-order valence-corrected chi connectivity index (χ3v) is 6.58. The molecule has 0 fully saturated rings. The Balaban J connectivity index is 1.68. The number of benzene rings is 2. The van der Waals surface area contributed by atoms with E-state index in [1.165, 1.54) is 25.5 Å². The lowest BCUT2D eigenvalue weighted by molar-refractivity contribution is -0.385. The topological polar surface area (TPSA) is 209 Å². The molecule has 17 heteroatoms. The molecule has 2 aromatic carbocycles. The summed E-state index contributed by atoms with van der Waals surface area (Å²) >= 11 is 3.20. The van der Waals surface area contributed by atoms with Crippen LogP contribution in [0.2, 0.25) is 0 Å². The number of rotatable bonds is 15. The Labute approximate surface area is 266 Å². The van der Waals surface area contributed by atoms with Crippen molar-refractivity contribution in [3.8, 4) is 17.2 Å². The first kappa shape index (κ1) is 34.6. The van der Waals surface area contributed by atoms with Gasteiger partial charge < -0.3 is 39.4 Å². The summed E-state index contributed by atoms with van der Waals surface area (Å²) in [5, 5.41) is 31.1. The van der Waals surface area contributed by atoms with E-state index in [4.69, 9.17) is 23.7 Å². The van der Waals surface area contributed by atoms with Crippen LogP contribution in [-0.4, -0.2) is 74.0 Å². The maximum Gasteiger partial charge on any atom is 0.344 e. The zero-order valence-electron chi connectivity index (χ0n) is 24.7. The number of hydrazone groups is 1. The molecule has 1 aliphatic rings. The van der Waals surface area contributed by atoms with Gasteiger partial charge in [-0.15, -0.1) is 0 Å². The molecule has 0 unspecified atom stereocenters. The summed E-state index contributed by atoms with van der Waals surface area (Å²) in [5.41, 5.74) is 3.43. The Morgan fingerprint density at radius 2 is 1.93 bits per heavy atom. The maximum absolute atomic E-state index is 12.4. The van der Waals surface area contributed by atoms with Gasteiger partial charge in [0, 0.05) is 17.3 Å². The highest BCUT2D eigenvalue weighted by Gasteiger charge is 2.32. The number of aliphatic hydroxyl groups excluding tert-OH is 1. The van der Waals surface area contributed by atoms with E-state index >= 15 is 0 Å². The third-order valence-electron chi connectivity index (χ3n) is 5.99. The number of esters is 2. The summed E-state index contributed by atoms with van der Waals surface area (Å²) in [4.78, 5) is 47.1. The van der Waals surface area contributed by atoms with Gasteiger partial charge in [-0.05, 0) is 60.5 Å². The van der Waals surface area contributed by atoms with Crippen molar-refractivity contribution in [1.29, 1.82) is 0 Å². The SMILES string of the molecule is CCOC(=O)COc1c(Br)cc(/C=N/N[C@@H](O)COc2ccc([C@@H]3NC(=O)NC(C)=C3C(=O)OC)cc2OCC)cc1[N+](=O)[O-]. The first-order chi connectivity index (χ1) is 21.5. The quantitative estimate of drug-likeness (QED) is 0.0698. The van der Waals surface area contributed by atoms with Crippen molar-refractivity contribution in [1.82, 2.24) is 16.1 Å². The van der Waals surface area contributed by atoms with Crippen molar-refractivity contribution < 1.29 is 48.1 Å². The fraction of sp³-hybridized carbons (Fsp3) is 0.357. The molecule has 242 valence electrons. The molecule has 0 aliphatic carbocycles. The Bertz CT molecular complexity index is 1500. The highest BCUT2D eigenvalue weighted by Crippen LogP contribution is 2.37. The number of halogens is 1.